The lowest BCUT2D eigenvalue weighted by Crippen LogP contribution is -2.12. The molecule has 0 bridgehead atoms. The molecule has 42 heavy (non-hydrogen) atoms. The molecule has 0 saturated carbocycles. The lowest BCUT2D eigenvalue weighted by Gasteiger charge is -2.09. The van der Waals surface area contributed by atoms with Gasteiger partial charge in [-0.3, -0.25) is 4.79 Å². The van der Waals surface area contributed by atoms with Crippen molar-refractivity contribution < 1.29 is 38.1 Å². The molecule has 3 aromatic rings. The predicted molar refractivity (Wildman–Crippen MR) is 158 cm³/mol. The number of ether oxygens (including phenoxy) is 4. The van der Waals surface area contributed by atoms with E-state index in [2.05, 4.69) is 18.5 Å². The Kier molecular flexibility index (Phi) is 12.1. The number of amides is 1. The fraction of sp³-hybridized carbons (Fsp3) is 0.212. The van der Waals surface area contributed by atoms with Crippen LogP contribution in [-0.2, 0) is 14.3 Å². The standard InChI is InChI=1S/C33H33NO8/c1-4-30(35)40-22-8-6-5-7-21-39-27-15-11-25(12-16-27)33(38)42-29-19-17-28(18-20-29)41-32(37)24-9-13-26(14-10-24)34-31(36)23(2)3/h4,9-20H,1-2,5-8,21-22H2,3H3,(H,34,36). The van der Waals surface area contributed by atoms with E-state index in [1.165, 1.54) is 36.4 Å². The Hall–Kier alpha value is -5.18. The van der Waals surface area contributed by atoms with Crippen molar-refractivity contribution in [3.05, 3.63) is 109 Å². The number of carbonyl (C=O) groups is 4. The minimum absolute atomic E-state index is 0.275. The summed E-state index contributed by atoms with van der Waals surface area (Å²) in [5, 5.41) is 2.66. The van der Waals surface area contributed by atoms with Gasteiger partial charge in [0.1, 0.15) is 17.2 Å². The molecule has 218 valence electrons. The van der Waals surface area contributed by atoms with E-state index in [1.807, 2.05) is 0 Å². The lowest BCUT2D eigenvalue weighted by molar-refractivity contribution is -0.137. The van der Waals surface area contributed by atoms with Gasteiger partial charge in [-0.1, -0.05) is 13.2 Å². The van der Waals surface area contributed by atoms with Crippen LogP contribution in [0.3, 0.4) is 0 Å². The van der Waals surface area contributed by atoms with Crippen molar-refractivity contribution in [1.29, 1.82) is 0 Å². The van der Waals surface area contributed by atoms with Gasteiger partial charge in [0, 0.05) is 17.3 Å². The summed E-state index contributed by atoms with van der Waals surface area (Å²) in [7, 11) is 0. The summed E-state index contributed by atoms with van der Waals surface area (Å²) in [6.45, 7) is 9.45. The first-order chi connectivity index (χ1) is 20.2. The molecule has 0 saturated heterocycles. The second-order valence-corrected chi connectivity index (χ2v) is 9.22. The zero-order chi connectivity index (χ0) is 30.3. The number of nitrogens with one attached hydrogen (secondary N) is 1. The summed E-state index contributed by atoms with van der Waals surface area (Å²) < 4.78 is 21.4. The molecule has 3 rings (SSSR count). The van der Waals surface area contributed by atoms with E-state index < -0.39 is 17.9 Å². The normalized spacial score (nSPS) is 10.2. The van der Waals surface area contributed by atoms with Crippen LogP contribution in [0.4, 0.5) is 5.69 Å². The average Bonchev–Trinajstić information content (AvgIpc) is 2.99. The maximum Gasteiger partial charge on any atom is 0.343 e. The zero-order valence-electron chi connectivity index (χ0n) is 23.4. The quantitative estimate of drug-likeness (QED) is 0.0976. The fourth-order valence-electron chi connectivity index (χ4n) is 3.50. The molecule has 0 unspecified atom stereocenters. The first-order valence-corrected chi connectivity index (χ1v) is 13.4. The second-order valence-electron chi connectivity index (χ2n) is 9.22. The minimum atomic E-state index is -0.577. The van der Waals surface area contributed by atoms with Crippen LogP contribution >= 0.6 is 0 Å². The van der Waals surface area contributed by atoms with Gasteiger partial charge < -0.3 is 24.3 Å². The average molecular weight is 572 g/mol. The number of benzene rings is 3. The molecule has 0 heterocycles. The van der Waals surface area contributed by atoms with Crippen molar-refractivity contribution in [1.82, 2.24) is 0 Å². The van der Waals surface area contributed by atoms with Gasteiger partial charge in [-0.2, -0.15) is 0 Å². The number of anilines is 1. The highest BCUT2D eigenvalue weighted by molar-refractivity contribution is 6.03. The molecule has 1 amide bonds. The SMILES string of the molecule is C=CC(=O)OCCCCCCOc1ccc(C(=O)Oc2ccc(OC(=O)c3ccc(NC(=O)C(=C)C)cc3)cc2)cc1. The maximum absolute atomic E-state index is 12.5. The molecule has 0 radical (unpaired) electrons. The second kappa shape index (κ2) is 16.2. The van der Waals surface area contributed by atoms with Gasteiger partial charge in [-0.15, -0.1) is 0 Å². The first-order valence-electron chi connectivity index (χ1n) is 13.4. The molecular weight excluding hydrogens is 538 g/mol. The van der Waals surface area contributed by atoms with Gasteiger partial charge in [0.25, 0.3) is 5.91 Å². The van der Waals surface area contributed by atoms with Crippen molar-refractivity contribution in [3.8, 4) is 17.2 Å². The lowest BCUT2D eigenvalue weighted by atomic mass is 10.2. The van der Waals surface area contributed by atoms with E-state index in [0.717, 1.165) is 31.8 Å². The maximum atomic E-state index is 12.5. The molecule has 0 aliphatic heterocycles. The van der Waals surface area contributed by atoms with E-state index >= 15 is 0 Å². The van der Waals surface area contributed by atoms with Gasteiger partial charge in [-0.25, -0.2) is 14.4 Å². The number of rotatable bonds is 15. The topological polar surface area (TPSA) is 117 Å². The van der Waals surface area contributed by atoms with Crippen molar-refractivity contribution in [2.45, 2.75) is 32.6 Å². The highest BCUT2D eigenvalue weighted by atomic mass is 16.5. The molecule has 0 aliphatic rings. The Morgan fingerprint density at radius 1 is 0.690 bits per heavy atom. The molecule has 0 fully saturated rings. The monoisotopic (exact) mass is 571 g/mol. The van der Waals surface area contributed by atoms with Gasteiger partial charge in [-0.05, 0) is 105 Å². The largest absolute Gasteiger partial charge is 0.494 e. The molecule has 3 aromatic carbocycles. The molecule has 0 atom stereocenters. The summed E-state index contributed by atoms with van der Waals surface area (Å²) in [4.78, 5) is 47.7. The van der Waals surface area contributed by atoms with Crippen molar-refractivity contribution in [2.24, 2.45) is 0 Å². The van der Waals surface area contributed by atoms with E-state index in [4.69, 9.17) is 18.9 Å². The Morgan fingerprint density at radius 3 is 1.67 bits per heavy atom. The molecule has 0 aromatic heterocycles. The van der Waals surface area contributed by atoms with Crippen LogP contribution in [0.1, 0.15) is 53.3 Å². The summed E-state index contributed by atoms with van der Waals surface area (Å²) in [5.74, 6) is -0.625. The third kappa shape index (κ3) is 10.4. The van der Waals surface area contributed by atoms with E-state index in [9.17, 15) is 19.2 Å². The Balaban J connectivity index is 1.39. The van der Waals surface area contributed by atoms with E-state index in [-0.39, 0.29) is 17.4 Å². The summed E-state index contributed by atoms with van der Waals surface area (Å²) in [6.07, 6.45) is 4.66. The molecule has 0 aliphatic carbocycles. The molecule has 9 heteroatoms. The highest BCUT2D eigenvalue weighted by Gasteiger charge is 2.12. The fourth-order valence-corrected chi connectivity index (χ4v) is 3.50. The van der Waals surface area contributed by atoms with E-state index in [0.29, 0.717) is 41.4 Å². The first kappa shape index (κ1) is 31.3. The van der Waals surface area contributed by atoms with Gasteiger partial charge in [0.2, 0.25) is 0 Å². The third-order valence-corrected chi connectivity index (χ3v) is 5.82. The Morgan fingerprint density at radius 2 is 1.17 bits per heavy atom. The molecular formula is C33H33NO8. The molecule has 0 spiro atoms. The van der Waals surface area contributed by atoms with Crippen LogP contribution in [-0.4, -0.2) is 37.0 Å². The summed E-state index contributed by atoms with van der Waals surface area (Å²) in [6, 6.07) is 19.0. The Labute approximate surface area is 244 Å². The number of hydrogen-bond acceptors (Lipinski definition) is 8. The minimum Gasteiger partial charge on any atom is -0.494 e. The molecule has 9 nitrogen and oxygen atoms in total. The number of carbonyl (C=O) groups excluding carboxylic acids is 4. The summed E-state index contributed by atoms with van der Waals surface area (Å²) >= 11 is 0. The van der Waals surface area contributed by atoms with Crippen LogP contribution in [0.25, 0.3) is 0 Å². The van der Waals surface area contributed by atoms with Crippen molar-refractivity contribution in [2.75, 3.05) is 18.5 Å². The predicted octanol–water partition coefficient (Wildman–Crippen LogP) is 6.31. The van der Waals surface area contributed by atoms with Crippen LogP contribution < -0.4 is 19.5 Å². The van der Waals surface area contributed by atoms with Gasteiger partial charge >= 0.3 is 17.9 Å². The number of esters is 3. The summed E-state index contributed by atoms with van der Waals surface area (Å²) in [5.41, 5.74) is 1.56. The zero-order valence-corrected chi connectivity index (χ0v) is 23.4. The van der Waals surface area contributed by atoms with Crippen molar-refractivity contribution in [3.63, 3.8) is 0 Å². The van der Waals surface area contributed by atoms with Crippen LogP contribution in [0.15, 0.2) is 97.6 Å². The third-order valence-electron chi connectivity index (χ3n) is 5.82. The van der Waals surface area contributed by atoms with Crippen LogP contribution in [0.2, 0.25) is 0 Å². The van der Waals surface area contributed by atoms with E-state index in [1.54, 1.807) is 43.3 Å². The smallest absolute Gasteiger partial charge is 0.343 e. The Bertz CT molecular complexity index is 1390. The van der Waals surface area contributed by atoms with Gasteiger partial charge in [0.15, 0.2) is 0 Å². The number of hydrogen-bond donors (Lipinski definition) is 1. The van der Waals surface area contributed by atoms with Crippen LogP contribution in [0, 0.1) is 0 Å². The van der Waals surface area contributed by atoms with Crippen molar-refractivity contribution >= 4 is 29.5 Å². The highest BCUT2D eigenvalue weighted by Crippen LogP contribution is 2.21. The molecule has 1 N–H and O–H groups in total. The van der Waals surface area contributed by atoms with Crippen LogP contribution in [0.5, 0.6) is 17.2 Å². The number of unbranched alkanes of at least 4 members (excludes halogenated alkanes) is 3. The van der Waals surface area contributed by atoms with Gasteiger partial charge in [0.05, 0.1) is 24.3 Å².